The van der Waals surface area contributed by atoms with Crippen molar-refractivity contribution in [3.05, 3.63) is 53.3 Å². The number of nitrogens with zero attached hydrogens (tertiary/aromatic N) is 2. The molecule has 0 fully saturated rings. The van der Waals surface area contributed by atoms with Crippen LogP contribution in [0.5, 0.6) is 0 Å². The van der Waals surface area contributed by atoms with Gasteiger partial charge in [0.1, 0.15) is 5.69 Å². The third kappa shape index (κ3) is 2.47. The maximum absolute atomic E-state index is 11.4. The zero-order chi connectivity index (χ0) is 14.0. The van der Waals surface area contributed by atoms with Gasteiger partial charge in [0, 0.05) is 6.07 Å². The van der Waals surface area contributed by atoms with Crippen LogP contribution in [0.3, 0.4) is 0 Å². The van der Waals surface area contributed by atoms with Crippen molar-refractivity contribution in [2.24, 2.45) is 11.5 Å². The van der Waals surface area contributed by atoms with Gasteiger partial charge < -0.3 is 11.5 Å². The molecule has 0 unspecified atom stereocenters. The smallest absolute Gasteiger partial charge is 0.269 e. The van der Waals surface area contributed by atoms with Gasteiger partial charge in [0.25, 0.3) is 11.8 Å². The molecule has 0 bridgehead atoms. The first-order valence-electron chi connectivity index (χ1n) is 5.75. The summed E-state index contributed by atoms with van der Waals surface area (Å²) in [6.07, 6.45) is 0. The van der Waals surface area contributed by atoms with Crippen LogP contribution in [0.25, 0.3) is 0 Å². The van der Waals surface area contributed by atoms with Crippen LogP contribution in [0.15, 0.2) is 36.4 Å². The van der Waals surface area contributed by atoms with Crippen LogP contribution >= 0.6 is 0 Å². The van der Waals surface area contributed by atoms with Crippen molar-refractivity contribution in [1.29, 1.82) is 0 Å². The summed E-state index contributed by atoms with van der Waals surface area (Å²) in [5.41, 5.74) is 11.6. The summed E-state index contributed by atoms with van der Waals surface area (Å²) in [6, 6.07) is 10.6. The molecule has 2 amide bonds. The van der Waals surface area contributed by atoms with Crippen LogP contribution in [-0.4, -0.2) is 21.6 Å². The molecule has 1 atom stereocenters. The van der Waals surface area contributed by atoms with Gasteiger partial charge in [-0.25, -0.2) is 0 Å². The lowest BCUT2D eigenvalue weighted by atomic mass is 10.1. The third-order valence-corrected chi connectivity index (χ3v) is 2.89. The molecular weight excluding hydrogens is 244 g/mol. The Balaban J connectivity index is 2.49. The van der Waals surface area contributed by atoms with Gasteiger partial charge in [-0.2, -0.15) is 5.10 Å². The summed E-state index contributed by atoms with van der Waals surface area (Å²) in [4.78, 5) is 22.5. The first-order chi connectivity index (χ1) is 9.00. The molecule has 0 saturated heterocycles. The Kier molecular flexibility index (Phi) is 3.33. The maximum Gasteiger partial charge on any atom is 0.269 e. The molecule has 98 valence electrons. The zero-order valence-electron chi connectivity index (χ0n) is 10.4. The average Bonchev–Trinajstić information content (AvgIpc) is 2.84. The van der Waals surface area contributed by atoms with Gasteiger partial charge in [0.05, 0.1) is 6.04 Å². The van der Waals surface area contributed by atoms with Crippen LogP contribution in [0.1, 0.15) is 39.5 Å². The van der Waals surface area contributed by atoms with Crippen LogP contribution in [-0.2, 0) is 0 Å². The number of amides is 2. The van der Waals surface area contributed by atoms with Crippen LogP contribution in [0, 0.1) is 0 Å². The van der Waals surface area contributed by atoms with Crippen molar-refractivity contribution in [2.75, 3.05) is 0 Å². The van der Waals surface area contributed by atoms with Gasteiger partial charge in [-0.05, 0) is 12.5 Å². The molecule has 0 spiro atoms. The van der Waals surface area contributed by atoms with Gasteiger partial charge in [0.15, 0.2) is 5.69 Å². The fourth-order valence-electron chi connectivity index (χ4n) is 1.87. The molecule has 2 rings (SSSR count). The highest BCUT2D eigenvalue weighted by Crippen LogP contribution is 2.19. The van der Waals surface area contributed by atoms with Crippen molar-refractivity contribution < 1.29 is 9.59 Å². The van der Waals surface area contributed by atoms with Gasteiger partial charge >= 0.3 is 0 Å². The van der Waals surface area contributed by atoms with Crippen molar-refractivity contribution in [3.63, 3.8) is 0 Å². The van der Waals surface area contributed by atoms with Crippen molar-refractivity contribution in [2.45, 2.75) is 13.0 Å². The monoisotopic (exact) mass is 258 g/mol. The van der Waals surface area contributed by atoms with Gasteiger partial charge in [-0.15, -0.1) is 0 Å². The Morgan fingerprint density at radius 2 is 1.79 bits per heavy atom. The summed E-state index contributed by atoms with van der Waals surface area (Å²) in [7, 11) is 0. The first kappa shape index (κ1) is 12.8. The third-order valence-electron chi connectivity index (χ3n) is 2.89. The predicted molar refractivity (Wildman–Crippen MR) is 69.5 cm³/mol. The Bertz CT molecular complexity index is 619. The lowest BCUT2D eigenvalue weighted by Gasteiger charge is -2.14. The molecule has 1 aromatic carbocycles. The van der Waals surface area contributed by atoms with Gasteiger partial charge in [-0.3, -0.25) is 14.3 Å². The molecule has 0 saturated carbocycles. The molecule has 2 aromatic rings. The number of rotatable bonds is 4. The highest BCUT2D eigenvalue weighted by Gasteiger charge is 2.20. The molecule has 0 aliphatic rings. The highest BCUT2D eigenvalue weighted by molar-refractivity contribution is 5.96. The SMILES string of the molecule is C[C@@H](c1ccccc1)n1nc(C(N)=O)cc1C(N)=O. The zero-order valence-corrected chi connectivity index (χ0v) is 10.4. The normalized spacial score (nSPS) is 12.1. The highest BCUT2D eigenvalue weighted by atomic mass is 16.2. The standard InChI is InChI=1S/C13H14N4O2/c1-8(9-5-3-2-4-6-9)17-11(13(15)19)7-10(16-17)12(14)18/h2-8H,1H3,(H2,14,18)(H2,15,19)/t8-/m0/s1. The second-order valence-electron chi connectivity index (χ2n) is 4.17. The molecule has 1 aromatic heterocycles. The molecule has 4 N–H and O–H groups in total. The number of carbonyl (C=O) groups is 2. The van der Waals surface area contributed by atoms with Gasteiger partial charge in [-0.1, -0.05) is 30.3 Å². The molecule has 0 radical (unpaired) electrons. The Hall–Kier alpha value is -2.63. The second-order valence-corrected chi connectivity index (χ2v) is 4.17. The number of aromatic nitrogens is 2. The van der Waals surface area contributed by atoms with Crippen LogP contribution in [0.4, 0.5) is 0 Å². The van der Waals surface area contributed by atoms with Crippen LogP contribution < -0.4 is 11.5 Å². The summed E-state index contributed by atoms with van der Waals surface area (Å²) < 4.78 is 1.41. The maximum atomic E-state index is 11.4. The largest absolute Gasteiger partial charge is 0.364 e. The average molecular weight is 258 g/mol. The number of nitrogens with two attached hydrogens (primary N) is 2. The van der Waals surface area contributed by atoms with Crippen molar-refractivity contribution in [3.8, 4) is 0 Å². The summed E-state index contributed by atoms with van der Waals surface area (Å²) in [6.45, 7) is 1.86. The minimum atomic E-state index is -0.693. The number of carbonyl (C=O) groups excluding carboxylic acids is 2. The fourth-order valence-corrected chi connectivity index (χ4v) is 1.87. The summed E-state index contributed by atoms with van der Waals surface area (Å²) in [5, 5.41) is 4.05. The molecule has 0 aliphatic heterocycles. The minimum Gasteiger partial charge on any atom is -0.364 e. The van der Waals surface area contributed by atoms with E-state index in [1.165, 1.54) is 10.7 Å². The van der Waals surface area contributed by atoms with E-state index in [9.17, 15) is 9.59 Å². The van der Waals surface area contributed by atoms with Gasteiger partial charge in [0.2, 0.25) is 0 Å². The van der Waals surface area contributed by atoms with Crippen molar-refractivity contribution in [1.82, 2.24) is 9.78 Å². The number of primary amides is 2. The van der Waals surface area contributed by atoms with E-state index >= 15 is 0 Å². The molecule has 19 heavy (non-hydrogen) atoms. The summed E-state index contributed by atoms with van der Waals surface area (Å²) >= 11 is 0. The van der Waals surface area contributed by atoms with Crippen molar-refractivity contribution >= 4 is 11.8 Å². The fraction of sp³-hybridized carbons (Fsp3) is 0.154. The first-order valence-corrected chi connectivity index (χ1v) is 5.75. The van der Waals surface area contributed by atoms with E-state index < -0.39 is 11.8 Å². The van der Waals surface area contributed by atoms with Crippen LogP contribution in [0.2, 0.25) is 0 Å². The van der Waals surface area contributed by atoms with E-state index in [4.69, 9.17) is 11.5 Å². The minimum absolute atomic E-state index is 0.0246. The molecular formula is C13H14N4O2. The molecule has 1 heterocycles. The molecule has 6 nitrogen and oxygen atoms in total. The topological polar surface area (TPSA) is 104 Å². The Morgan fingerprint density at radius 1 is 1.16 bits per heavy atom. The van der Waals surface area contributed by atoms with E-state index in [0.29, 0.717) is 0 Å². The second kappa shape index (κ2) is 4.93. The quantitative estimate of drug-likeness (QED) is 0.842. The Labute approximate surface area is 110 Å². The molecule has 6 heteroatoms. The lowest BCUT2D eigenvalue weighted by Crippen LogP contribution is -2.20. The lowest BCUT2D eigenvalue weighted by molar-refractivity contribution is 0.0982. The van der Waals surface area contributed by atoms with E-state index in [0.717, 1.165) is 5.56 Å². The number of benzene rings is 1. The summed E-state index contributed by atoms with van der Waals surface area (Å²) in [5.74, 6) is -1.34. The Morgan fingerprint density at radius 3 is 2.32 bits per heavy atom. The molecule has 0 aliphatic carbocycles. The van der Waals surface area contributed by atoms with E-state index in [1.54, 1.807) is 0 Å². The van der Waals surface area contributed by atoms with E-state index in [2.05, 4.69) is 5.10 Å². The number of hydrogen-bond donors (Lipinski definition) is 2. The predicted octanol–water partition coefficient (Wildman–Crippen LogP) is 0.690. The number of hydrogen-bond acceptors (Lipinski definition) is 3. The van der Waals surface area contributed by atoms with E-state index in [1.807, 2.05) is 37.3 Å². The van der Waals surface area contributed by atoms with E-state index in [-0.39, 0.29) is 17.4 Å².